The third-order valence-electron chi connectivity index (χ3n) is 2.38. The number of furan rings is 1. The normalized spacial score (nSPS) is 12.4. The van der Waals surface area contributed by atoms with Gasteiger partial charge in [-0.3, -0.25) is 0 Å². The van der Waals surface area contributed by atoms with Crippen molar-refractivity contribution in [3.63, 3.8) is 0 Å². The lowest BCUT2D eigenvalue weighted by molar-refractivity contribution is 0.481. The average molecular weight is 299 g/mol. The smallest absolute Gasteiger partial charge is 0.137 e. The van der Waals surface area contributed by atoms with Gasteiger partial charge in [0.15, 0.2) is 0 Å². The van der Waals surface area contributed by atoms with Gasteiger partial charge in [0.1, 0.15) is 11.6 Å². The van der Waals surface area contributed by atoms with Crippen LogP contribution in [-0.2, 0) is 0 Å². The van der Waals surface area contributed by atoms with Crippen LogP contribution in [0.2, 0.25) is 0 Å². The van der Waals surface area contributed by atoms with E-state index >= 15 is 0 Å². The predicted molar refractivity (Wildman–Crippen MR) is 68.2 cm³/mol. The lowest BCUT2D eigenvalue weighted by Crippen LogP contribution is -2.20. The fraction of sp³-hybridized carbons (Fsp3) is 0.167. The standard InChI is InChI=1S/C12H12BrFN2O/c13-9-6-8(3-4-10(9)14)16-11(7-15)12-2-1-5-17-12/h1-6,11,16H,7,15H2. The van der Waals surface area contributed by atoms with Crippen LogP contribution in [-0.4, -0.2) is 6.54 Å². The maximum atomic E-state index is 13.1. The predicted octanol–water partition coefficient (Wildman–Crippen LogP) is 3.29. The van der Waals surface area contributed by atoms with Gasteiger partial charge in [0.05, 0.1) is 16.8 Å². The fourth-order valence-electron chi connectivity index (χ4n) is 1.52. The van der Waals surface area contributed by atoms with Gasteiger partial charge in [0.25, 0.3) is 0 Å². The minimum Gasteiger partial charge on any atom is -0.467 e. The highest BCUT2D eigenvalue weighted by Crippen LogP contribution is 2.24. The molecule has 0 spiro atoms. The lowest BCUT2D eigenvalue weighted by atomic mass is 10.2. The van der Waals surface area contributed by atoms with E-state index in [1.54, 1.807) is 24.5 Å². The molecule has 0 aliphatic rings. The molecule has 0 amide bonds. The van der Waals surface area contributed by atoms with Crippen molar-refractivity contribution in [3.8, 4) is 0 Å². The van der Waals surface area contributed by atoms with Crippen molar-refractivity contribution in [2.24, 2.45) is 5.73 Å². The quantitative estimate of drug-likeness (QED) is 0.911. The van der Waals surface area contributed by atoms with Gasteiger partial charge in [0, 0.05) is 12.2 Å². The molecule has 0 fully saturated rings. The van der Waals surface area contributed by atoms with Crippen molar-refractivity contribution >= 4 is 21.6 Å². The van der Waals surface area contributed by atoms with Gasteiger partial charge in [-0.25, -0.2) is 4.39 Å². The topological polar surface area (TPSA) is 51.2 Å². The molecule has 3 nitrogen and oxygen atoms in total. The SMILES string of the molecule is NCC(Nc1ccc(F)c(Br)c1)c1ccco1. The zero-order valence-corrected chi connectivity index (χ0v) is 10.6. The summed E-state index contributed by atoms with van der Waals surface area (Å²) in [5.41, 5.74) is 6.45. The van der Waals surface area contributed by atoms with Crippen molar-refractivity contribution in [2.45, 2.75) is 6.04 Å². The molecular weight excluding hydrogens is 287 g/mol. The Morgan fingerprint density at radius 2 is 2.24 bits per heavy atom. The molecule has 1 aromatic heterocycles. The second-order valence-corrected chi connectivity index (χ2v) is 4.43. The van der Waals surface area contributed by atoms with E-state index < -0.39 is 0 Å². The van der Waals surface area contributed by atoms with Crippen LogP contribution in [0.1, 0.15) is 11.8 Å². The van der Waals surface area contributed by atoms with E-state index in [9.17, 15) is 4.39 Å². The first-order valence-corrected chi connectivity index (χ1v) is 5.95. The Bertz CT molecular complexity index is 487. The fourth-order valence-corrected chi connectivity index (χ4v) is 1.90. The highest BCUT2D eigenvalue weighted by Gasteiger charge is 2.12. The van der Waals surface area contributed by atoms with Gasteiger partial charge in [-0.2, -0.15) is 0 Å². The summed E-state index contributed by atoms with van der Waals surface area (Å²) in [6.07, 6.45) is 1.60. The molecule has 0 saturated carbocycles. The molecule has 90 valence electrons. The molecule has 0 aliphatic heterocycles. The summed E-state index contributed by atoms with van der Waals surface area (Å²) in [4.78, 5) is 0. The largest absolute Gasteiger partial charge is 0.467 e. The van der Waals surface area contributed by atoms with E-state index in [4.69, 9.17) is 10.2 Å². The number of halogens is 2. The van der Waals surface area contributed by atoms with Crippen molar-refractivity contribution in [1.82, 2.24) is 0 Å². The Hall–Kier alpha value is -1.33. The Kier molecular flexibility index (Phi) is 3.81. The number of nitrogens with one attached hydrogen (secondary N) is 1. The molecule has 0 radical (unpaired) electrons. The summed E-state index contributed by atoms with van der Waals surface area (Å²) >= 11 is 3.14. The first-order chi connectivity index (χ1) is 8.20. The van der Waals surface area contributed by atoms with Gasteiger partial charge < -0.3 is 15.5 Å². The average Bonchev–Trinajstić information content (AvgIpc) is 2.84. The van der Waals surface area contributed by atoms with Crippen molar-refractivity contribution in [1.29, 1.82) is 0 Å². The summed E-state index contributed by atoms with van der Waals surface area (Å²) in [5, 5.41) is 3.18. The van der Waals surface area contributed by atoms with Crippen LogP contribution in [0.3, 0.4) is 0 Å². The molecule has 0 bridgehead atoms. The molecule has 0 aliphatic carbocycles. The number of nitrogens with two attached hydrogens (primary N) is 1. The van der Waals surface area contributed by atoms with Crippen molar-refractivity contribution < 1.29 is 8.81 Å². The Labute approximate surface area is 107 Å². The summed E-state index contributed by atoms with van der Waals surface area (Å²) in [6, 6.07) is 8.25. The van der Waals surface area contributed by atoms with Gasteiger partial charge in [-0.1, -0.05) is 0 Å². The molecular formula is C12H12BrFN2O. The van der Waals surface area contributed by atoms with Gasteiger partial charge in [-0.05, 0) is 46.3 Å². The first kappa shape index (κ1) is 12.1. The molecule has 1 aromatic carbocycles. The molecule has 1 atom stereocenters. The number of rotatable bonds is 4. The minimum absolute atomic E-state index is 0.123. The summed E-state index contributed by atoms with van der Waals surface area (Å²) in [7, 11) is 0. The molecule has 3 N–H and O–H groups in total. The minimum atomic E-state index is -0.294. The molecule has 0 saturated heterocycles. The van der Waals surface area contributed by atoms with Gasteiger partial charge in [-0.15, -0.1) is 0 Å². The third kappa shape index (κ3) is 2.87. The second kappa shape index (κ2) is 5.33. The monoisotopic (exact) mass is 298 g/mol. The van der Waals surface area contributed by atoms with Crippen LogP contribution < -0.4 is 11.1 Å². The van der Waals surface area contributed by atoms with Crippen molar-refractivity contribution in [3.05, 3.63) is 52.6 Å². The van der Waals surface area contributed by atoms with E-state index in [-0.39, 0.29) is 11.9 Å². The van der Waals surface area contributed by atoms with Gasteiger partial charge in [0.2, 0.25) is 0 Å². The van der Waals surface area contributed by atoms with E-state index in [0.29, 0.717) is 11.0 Å². The first-order valence-electron chi connectivity index (χ1n) is 5.16. The molecule has 2 rings (SSSR count). The number of benzene rings is 1. The Morgan fingerprint density at radius 1 is 1.41 bits per heavy atom. The lowest BCUT2D eigenvalue weighted by Gasteiger charge is -2.16. The van der Waals surface area contributed by atoms with Crippen LogP contribution in [0.4, 0.5) is 10.1 Å². The van der Waals surface area contributed by atoms with Crippen LogP contribution in [0, 0.1) is 5.82 Å². The summed E-state index contributed by atoms with van der Waals surface area (Å²) in [6.45, 7) is 0.391. The maximum absolute atomic E-state index is 13.1. The summed E-state index contributed by atoms with van der Waals surface area (Å²) in [5.74, 6) is 0.464. The number of anilines is 1. The second-order valence-electron chi connectivity index (χ2n) is 3.58. The highest BCUT2D eigenvalue weighted by atomic mass is 79.9. The zero-order chi connectivity index (χ0) is 12.3. The Morgan fingerprint density at radius 3 is 2.82 bits per heavy atom. The van der Waals surface area contributed by atoms with Crippen LogP contribution >= 0.6 is 15.9 Å². The van der Waals surface area contributed by atoms with Crippen LogP contribution in [0.25, 0.3) is 0 Å². The van der Waals surface area contributed by atoms with Crippen LogP contribution in [0.15, 0.2) is 45.5 Å². The zero-order valence-electron chi connectivity index (χ0n) is 8.99. The van der Waals surface area contributed by atoms with E-state index in [1.165, 1.54) is 6.07 Å². The highest BCUT2D eigenvalue weighted by molar-refractivity contribution is 9.10. The van der Waals surface area contributed by atoms with E-state index in [0.717, 1.165) is 11.4 Å². The molecule has 1 heterocycles. The Balaban J connectivity index is 2.16. The molecule has 2 aromatic rings. The van der Waals surface area contributed by atoms with Gasteiger partial charge >= 0.3 is 0 Å². The van der Waals surface area contributed by atoms with Crippen LogP contribution in [0.5, 0.6) is 0 Å². The van der Waals surface area contributed by atoms with Crippen molar-refractivity contribution in [2.75, 3.05) is 11.9 Å². The number of hydrogen-bond donors (Lipinski definition) is 2. The third-order valence-corrected chi connectivity index (χ3v) is 2.99. The maximum Gasteiger partial charge on any atom is 0.137 e. The molecule has 17 heavy (non-hydrogen) atoms. The molecule has 5 heteroatoms. The number of hydrogen-bond acceptors (Lipinski definition) is 3. The van der Waals surface area contributed by atoms with E-state index in [1.807, 2.05) is 6.07 Å². The van der Waals surface area contributed by atoms with E-state index in [2.05, 4.69) is 21.2 Å². The molecule has 1 unspecified atom stereocenters. The summed E-state index contributed by atoms with van der Waals surface area (Å²) < 4.78 is 18.8.